The Hall–Kier alpha value is -0.680. The van der Waals surface area contributed by atoms with E-state index < -0.39 is 0 Å². The summed E-state index contributed by atoms with van der Waals surface area (Å²) in [5.41, 5.74) is 6.88. The topological polar surface area (TPSA) is 38.5 Å². The summed E-state index contributed by atoms with van der Waals surface area (Å²) in [6.07, 6.45) is 0.872. The van der Waals surface area contributed by atoms with Crippen molar-refractivity contribution in [3.8, 4) is 0 Å². The quantitative estimate of drug-likeness (QED) is 0.924. The summed E-state index contributed by atoms with van der Waals surface area (Å²) in [7, 11) is 3.54. The number of rotatable bonds is 4. The van der Waals surface area contributed by atoms with Gasteiger partial charge in [0.1, 0.15) is 5.82 Å². The second-order valence-corrected chi connectivity index (χ2v) is 5.63. The SMILES string of the molecule is COCc1cc(Cl)cc(C2CC(CN)CN2C)c1F. The average molecular weight is 287 g/mol. The molecule has 0 amide bonds. The molecule has 1 heterocycles. The van der Waals surface area contributed by atoms with Gasteiger partial charge in [-0.15, -0.1) is 0 Å². The minimum atomic E-state index is -0.208. The van der Waals surface area contributed by atoms with Crippen molar-refractivity contribution in [3.63, 3.8) is 0 Å². The summed E-state index contributed by atoms with van der Waals surface area (Å²) in [4.78, 5) is 2.14. The van der Waals surface area contributed by atoms with Gasteiger partial charge in [0, 0.05) is 35.8 Å². The molecule has 19 heavy (non-hydrogen) atoms. The van der Waals surface area contributed by atoms with Crippen LogP contribution in [0.2, 0.25) is 5.02 Å². The van der Waals surface area contributed by atoms with Crippen molar-refractivity contribution in [1.82, 2.24) is 4.90 Å². The van der Waals surface area contributed by atoms with E-state index in [0.717, 1.165) is 13.0 Å². The van der Waals surface area contributed by atoms with Gasteiger partial charge in [-0.1, -0.05) is 11.6 Å². The Labute approximate surface area is 118 Å². The number of likely N-dealkylation sites (tertiary alicyclic amines) is 1. The molecule has 5 heteroatoms. The third-order valence-corrected chi connectivity index (χ3v) is 3.99. The van der Waals surface area contributed by atoms with E-state index in [1.165, 1.54) is 0 Å². The minimum absolute atomic E-state index is 0.0443. The lowest BCUT2D eigenvalue weighted by Crippen LogP contribution is -2.21. The first-order valence-electron chi connectivity index (χ1n) is 6.43. The van der Waals surface area contributed by atoms with Crippen molar-refractivity contribution >= 4 is 11.6 Å². The standard InChI is InChI=1S/C14H20ClFN2O/c1-18-7-9(6-17)3-13(18)12-5-11(15)4-10(8-19-2)14(12)16/h4-5,9,13H,3,6-8,17H2,1-2H3. The average Bonchev–Trinajstić information content (AvgIpc) is 2.75. The van der Waals surface area contributed by atoms with E-state index in [-0.39, 0.29) is 18.5 Å². The minimum Gasteiger partial charge on any atom is -0.380 e. The Morgan fingerprint density at radius 1 is 1.53 bits per heavy atom. The lowest BCUT2D eigenvalue weighted by molar-refractivity contribution is 0.180. The lowest BCUT2D eigenvalue weighted by atomic mass is 9.97. The van der Waals surface area contributed by atoms with Gasteiger partial charge < -0.3 is 10.5 Å². The van der Waals surface area contributed by atoms with Crippen LogP contribution in [0.3, 0.4) is 0 Å². The molecule has 1 saturated heterocycles. The molecule has 0 aromatic heterocycles. The molecule has 1 aromatic carbocycles. The lowest BCUT2D eigenvalue weighted by Gasteiger charge is -2.21. The molecule has 2 unspecified atom stereocenters. The fourth-order valence-electron chi connectivity index (χ4n) is 2.81. The van der Waals surface area contributed by atoms with Gasteiger partial charge in [0.2, 0.25) is 0 Å². The van der Waals surface area contributed by atoms with Gasteiger partial charge in [-0.25, -0.2) is 4.39 Å². The molecule has 0 aliphatic carbocycles. The van der Waals surface area contributed by atoms with Crippen LogP contribution in [0.25, 0.3) is 0 Å². The Kier molecular flexibility index (Phi) is 4.79. The van der Waals surface area contributed by atoms with Gasteiger partial charge in [-0.3, -0.25) is 4.90 Å². The highest BCUT2D eigenvalue weighted by atomic mass is 35.5. The molecular weight excluding hydrogens is 267 g/mol. The third-order valence-electron chi connectivity index (χ3n) is 3.77. The zero-order valence-electron chi connectivity index (χ0n) is 11.3. The molecule has 1 aliphatic heterocycles. The molecule has 0 radical (unpaired) electrons. The molecule has 3 nitrogen and oxygen atoms in total. The Bertz CT molecular complexity index is 455. The smallest absolute Gasteiger partial charge is 0.133 e. The van der Waals surface area contributed by atoms with E-state index in [2.05, 4.69) is 4.90 Å². The van der Waals surface area contributed by atoms with Gasteiger partial charge in [-0.05, 0) is 38.1 Å². The summed E-state index contributed by atoms with van der Waals surface area (Å²) in [6.45, 7) is 1.76. The molecule has 0 spiro atoms. The van der Waals surface area contributed by atoms with Gasteiger partial charge in [0.25, 0.3) is 0 Å². The van der Waals surface area contributed by atoms with Crippen molar-refractivity contribution in [1.29, 1.82) is 0 Å². The monoisotopic (exact) mass is 286 g/mol. The highest BCUT2D eigenvalue weighted by molar-refractivity contribution is 6.30. The van der Waals surface area contributed by atoms with E-state index in [1.807, 2.05) is 7.05 Å². The highest BCUT2D eigenvalue weighted by Crippen LogP contribution is 2.37. The van der Waals surface area contributed by atoms with E-state index in [9.17, 15) is 4.39 Å². The summed E-state index contributed by atoms with van der Waals surface area (Å²) < 4.78 is 19.5. The normalized spacial score (nSPS) is 24.1. The number of methoxy groups -OCH3 is 1. The first-order valence-corrected chi connectivity index (χ1v) is 6.81. The Morgan fingerprint density at radius 2 is 2.26 bits per heavy atom. The maximum Gasteiger partial charge on any atom is 0.133 e. The van der Waals surface area contributed by atoms with Crippen molar-refractivity contribution in [3.05, 3.63) is 34.1 Å². The van der Waals surface area contributed by atoms with E-state index >= 15 is 0 Å². The van der Waals surface area contributed by atoms with Gasteiger partial charge in [0.05, 0.1) is 6.61 Å². The third kappa shape index (κ3) is 3.08. The number of nitrogens with zero attached hydrogens (tertiary/aromatic N) is 1. The first-order chi connectivity index (χ1) is 9.06. The maximum absolute atomic E-state index is 14.5. The van der Waals surface area contributed by atoms with Crippen LogP contribution >= 0.6 is 11.6 Å². The van der Waals surface area contributed by atoms with E-state index in [1.54, 1.807) is 19.2 Å². The second-order valence-electron chi connectivity index (χ2n) is 5.19. The number of ether oxygens (including phenoxy) is 1. The number of hydrogen-bond acceptors (Lipinski definition) is 3. The van der Waals surface area contributed by atoms with Crippen LogP contribution in [0, 0.1) is 11.7 Å². The van der Waals surface area contributed by atoms with Crippen molar-refractivity contribution in [2.75, 3.05) is 27.2 Å². The van der Waals surface area contributed by atoms with Crippen molar-refractivity contribution in [2.24, 2.45) is 11.7 Å². The molecule has 2 rings (SSSR count). The van der Waals surface area contributed by atoms with Gasteiger partial charge in [0.15, 0.2) is 0 Å². The van der Waals surface area contributed by atoms with Crippen molar-refractivity contribution in [2.45, 2.75) is 19.1 Å². The molecule has 1 fully saturated rings. The predicted octanol–water partition coefficient (Wildman–Crippen LogP) is 2.58. The van der Waals surface area contributed by atoms with Crippen LogP contribution in [-0.4, -0.2) is 32.1 Å². The Balaban J connectivity index is 2.34. The molecule has 106 valence electrons. The Morgan fingerprint density at radius 3 is 2.84 bits per heavy atom. The summed E-state index contributed by atoms with van der Waals surface area (Å²) in [6, 6.07) is 3.39. The van der Waals surface area contributed by atoms with Gasteiger partial charge >= 0.3 is 0 Å². The van der Waals surface area contributed by atoms with Crippen molar-refractivity contribution < 1.29 is 9.13 Å². The fourth-order valence-corrected chi connectivity index (χ4v) is 3.06. The van der Waals surface area contributed by atoms with Crippen LogP contribution < -0.4 is 5.73 Å². The first kappa shape index (κ1) is 14.7. The van der Waals surface area contributed by atoms with Crippen LogP contribution in [-0.2, 0) is 11.3 Å². The number of halogens is 2. The van der Waals surface area contributed by atoms with E-state index in [0.29, 0.717) is 28.6 Å². The summed E-state index contributed by atoms with van der Waals surface area (Å²) in [5, 5.41) is 0.549. The largest absolute Gasteiger partial charge is 0.380 e. The number of benzene rings is 1. The predicted molar refractivity (Wildman–Crippen MR) is 74.7 cm³/mol. The zero-order chi connectivity index (χ0) is 14.0. The second kappa shape index (κ2) is 6.18. The van der Waals surface area contributed by atoms with Crippen LogP contribution in [0.15, 0.2) is 12.1 Å². The molecule has 2 N–H and O–H groups in total. The highest BCUT2D eigenvalue weighted by Gasteiger charge is 2.32. The molecule has 0 saturated carbocycles. The summed E-state index contributed by atoms with van der Waals surface area (Å²) in [5.74, 6) is 0.208. The van der Waals surface area contributed by atoms with Crippen LogP contribution in [0.5, 0.6) is 0 Å². The van der Waals surface area contributed by atoms with Crippen LogP contribution in [0.4, 0.5) is 4.39 Å². The molecule has 0 bridgehead atoms. The molecule has 2 atom stereocenters. The van der Waals surface area contributed by atoms with Gasteiger partial charge in [-0.2, -0.15) is 0 Å². The van der Waals surface area contributed by atoms with E-state index in [4.69, 9.17) is 22.1 Å². The molecule has 1 aliphatic rings. The maximum atomic E-state index is 14.5. The molecule has 1 aromatic rings. The fraction of sp³-hybridized carbons (Fsp3) is 0.571. The zero-order valence-corrected chi connectivity index (χ0v) is 12.1. The number of nitrogens with two attached hydrogens (primary N) is 1. The van der Waals surface area contributed by atoms with Crippen LogP contribution in [0.1, 0.15) is 23.6 Å². The number of hydrogen-bond donors (Lipinski definition) is 1. The molecular formula is C14H20ClFN2O. The summed E-state index contributed by atoms with van der Waals surface area (Å²) >= 11 is 6.09.